The lowest BCUT2D eigenvalue weighted by molar-refractivity contribution is 0.113. The zero-order valence-electron chi connectivity index (χ0n) is 15.6. The van der Waals surface area contributed by atoms with Crippen LogP contribution in [0.25, 0.3) is 0 Å². The maximum Gasteiger partial charge on any atom is 0.243 e. The van der Waals surface area contributed by atoms with Crippen molar-refractivity contribution in [3.8, 4) is 5.75 Å². The first-order chi connectivity index (χ1) is 13.0. The first kappa shape index (κ1) is 20.3. The zero-order chi connectivity index (χ0) is 19.3. The summed E-state index contributed by atoms with van der Waals surface area (Å²) in [5.41, 5.74) is 0. The molecule has 7 nitrogen and oxygen atoms in total. The van der Waals surface area contributed by atoms with E-state index in [1.165, 1.54) is 4.31 Å². The summed E-state index contributed by atoms with van der Waals surface area (Å²) < 4.78 is 38.1. The van der Waals surface area contributed by atoms with Crippen molar-refractivity contribution in [2.24, 2.45) is 0 Å². The molecule has 0 spiro atoms. The van der Waals surface area contributed by atoms with E-state index >= 15 is 0 Å². The van der Waals surface area contributed by atoms with Crippen molar-refractivity contribution >= 4 is 27.4 Å². The van der Waals surface area contributed by atoms with E-state index in [-0.39, 0.29) is 6.10 Å². The number of thiocarbonyl (C=S) groups is 1. The molecular formula is C18H27N3O4S2. The van der Waals surface area contributed by atoms with Gasteiger partial charge in [-0.25, -0.2) is 8.42 Å². The Morgan fingerprint density at radius 3 is 2.56 bits per heavy atom. The maximum atomic E-state index is 12.8. The number of piperazine rings is 1. The quantitative estimate of drug-likeness (QED) is 0.708. The molecule has 0 radical (unpaired) electrons. The molecule has 2 aliphatic rings. The van der Waals surface area contributed by atoms with Gasteiger partial charge in [0.2, 0.25) is 10.0 Å². The molecule has 0 aromatic heterocycles. The molecule has 1 atom stereocenters. The maximum absolute atomic E-state index is 12.8. The summed E-state index contributed by atoms with van der Waals surface area (Å²) >= 11 is 5.45. The van der Waals surface area contributed by atoms with E-state index in [0.29, 0.717) is 55.1 Å². The van der Waals surface area contributed by atoms with Crippen molar-refractivity contribution < 1.29 is 17.9 Å². The van der Waals surface area contributed by atoms with Crippen molar-refractivity contribution in [2.45, 2.75) is 30.8 Å². The zero-order valence-corrected chi connectivity index (χ0v) is 17.2. The van der Waals surface area contributed by atoms with Crippen LogP contribution in [-0.4, -0.2) is 74.8 Å². The fourth-order valence-corrected chi connectivity index (χ4v) is 4.96. The number of ether oxygens (including phenoxy) is 2. The largest absolute Gasteiger partial charge is 0.494 e. The van der Waals surface area contributed by atoms with Crippen LogP contribution in [-0.2, 0) is 14.8 Å². The number of sulfonamides is 1. The Bertz CT molecular complexity index is 725. The van der Waals surface area contributed by atoms with Crippen LogP contribution in [0.1, 0.15) is 19.8 Å². The van der Waals surface area contributed by atoms with Gasteiger partial charge in [0.15, 0.2) is 5.11 Å². The smallest absolute Gasteiger partial charge is 0.243 e. The second-order valence-electron chi connectivity index (χ2n) is 6.62. The van der Waals surface area contributed by atoms with Gasteiger partial charge in [-0.2, -0.15) is 4.31 Å². The minimum absolute atomic E-state index is 0.226. The minimum atomic E-state index is -3.50. The molecule has 1 N–H and O–H groups in total. The van der Waals surface area contributed by atoms with E-state index in [4.69, 9.17) is 21.7 Å². The van der Waals surface area contributed by atoms with Gasteiger partial charge >= 0.3 is 0 Å². The molecule has 0 bridgehead atoms. The van der Waals surface area contributed by atoms with E-state index in [9.17, 15) is 8.42 Å². The SMILES string of the molecule is CCOc1ccc(S(=O)(=O)N2CCN(C(=S)NC[C@H]3CCCO3)CC2)cc1. The van der Waals surface area contributed by atoms with Gasteiger partial charge in [0.1, 0.15) is 5.75 Å². The molecule has 2 aliphatic heterocycles. The summed E-state index contributed by atoms with van der Waals surface area (Å²) in [6.07, 6.45) is 2.38. The highest BCUT2D eigenvalue weighted by molar-refractivity contribution is 7.89. The molecule has 0 unspecified atom stereocenters. The third kappa shape index (κ3) is 5.10. The molecule has 0 saturated carbocycles. The first-order valence-corrected chi connectivity index (χ1v) is 11.2. The number of nitrogens with one attached hydrogen (secondary N) is 1. The van der Waals surface area contributed by atoms with Crippen molar-refractivity contribution in [3.05, 3.63) is 24.3 Å². The predicted octanol–water partition coefficient (Wildman–Crippen LogP) is 1.45. The van der Waals surface area contributed by atoms with Gasteiger partial charge in [0, 0.05) is 39.3 Å². The summed E-state index contributed by atoms with van der Waals surface area (Å²) in [7, 11) is -3.50. The van der Waals surface area contributed by atoms with Gasteiger partial charge in [0.05, 0.1) is 17.6 Å². The normalized spacial score (nSPS) is 21.2. The minimum Gasteiger partial charge on any atom is -0.494 e. The highest BCUT2D eigenvalue weighted by Crippen LogP contribution is 2.21. The predicted molar refractivity (Wildman–Crippen MR) is 108 cm³/mol. The molecule has 0 amide bonds. The summed E-state index contributed by atoms with van der Waals surface area (Å²) in [5.74, 6) is 0.670. The van der Waals surface area contributed by atoms with Crippen LogP contribution in [0.5, 0.6) is 5.75 Å². The van der Waals surface area contributed by atoms with Gasteiger partial charge in [-0.15, -0.1) is 0 Å². The Kier molecular flexibility index (Phi) is 6.91. The highest BCUT2D eigenvalue weighted by atomic mass is 32.2. The number of nitrogens with zero attached hydrogens (tertiary/aromatic N) is 2. The molecular weight excluding hydrogens is 386 g/mol. The molecule has 27 heavy (non-hydrogen) atoms. The lowest BCUT2D eigenvalue weighted by Crippen LogP contribution is -2.53. The topological polar surface area (TPSA) is 71.1 Å². The number of hydrogen-bond donors (Lipinski definition) is 1. The van der Waals surface area contributed by atoms with Crippen LogP contribution in [0.2, 0.25) is 0 Å². The van der Waals surface area contributed by atoms with Crippen molar-refractivity contribution in [3.63, 3.8) is 0 Å². The van der Waals surface area contributed by atoms with Crippen molar-refractivity contribution in [1.82, 2.24) is 14.5 Å². The monoisotopic (exact) mass is 413 g/mol. The molecule has 2 heterocycles. The van der Waals surface area contributed by atoms with E-state index in [2.05, 4.69) is 5.32 Å². The number of benzene rings is 1. The molecule has 2 fully saturated rings. The lowest BCUT2D eigenvalue weighted by atomic mass is 10.2. The Morgan fingerprint density at radius 2 is 1.96 bits per heavy atom. The fourth-order valence-electron chi connectivity index (χ4n) is 3.27. The van der Waals surface area contributed by atoms with Crippen LogP contribution in [0.15, 0.2) is 29.2 Å². The second-order valence-corrected chi connectivity index (χ2v) is 8.94. The molecule has 3 rings (SSSR count). The molecule has 150 valence electrons. The molecule has 1 aromatic carbocycles. The third-order valence-electron chi connectivity index (χ3n) is 4.80. The Labute approximate surface area is 166 Å². The summed E-state index contributed by atoms with van der Waals surface area (Å²) in [6, 6.07) is 6.58. The van der Waals surface area contributed by atoms with E-state index < -0.39 is 10.0 Å². The lowest BCUT2D eigenvalue weighted by Gasteiger charge is -2.35. The van der Waals surface area contributed by atoms with Gasteiger partial charge in [0.25, 0.3) is 0 Å². The van der Waals surface area contributed by atoms with Gasteiger partial charge in [-0.05, 0) is 56.2 Å². The van der Waals surface area contributed by atoms with Gasteiger partial charge in [-0.1, -0.05) is 0 Å². The molecule has 1 aromatic rings. The van der Waals surface area contributed by atoms with Crippen LogP contribution in [0.3, 0.4) is 0 Å². The summed E-state index contributed by atoms with van der Waals surface area (Å²) in [5, 5.41) is 3.92. The molecule has 0 aliphatic carbocycles. The van der Waals surface area contributed by atoms with Gasteiger partial charge < -0.3 is 19.7 Å². The Hall–Kier alpha value is -1.42. The molecule has 2 saturated heterocycles. The van der Waals surface area contributed by atoms with Crippen LogP contribution in [0, 0.1) is 0 Å². The number of hydrogen-bond acceptors (Lipinski definition) is 5. The van der Waals surface area contributed by atoms with E-state index in [1.807, 2.05) is 11.8 Å². The van der Waals surface area contributed by atoms with Crippen LogP contribution >= 0.6 is 12.2 Å². The fraction of sp³-hybridized carbons (Fsp3) is 0.611. The standard InChI is InChI=1S/C18H27N3O4S2/c1-2-24-15-5-7-17(8-6-15)27(22,23)21-11-9-20(10-12-21)18(26)19-14-16-4-3-13-25-16/h5-8,16H,2-4,9-14H2,1H3,(H,19,26)/t16-/m1/s1. The van der Waals surface area contributed by atoms with E-state index in [0.717, 1.165) is 19.4 Å². The van der Waals surface area contributed by atoms with E-state index in [1.54, 1.807) is 24.3 Å². The van der Waals surface area contributed by atoms with Crippen LogP contribution < -0.4 is 10.1 Å². The summed E-state index contributed by atoms with van der Waals surface area (Å²) in [4.78, 5) is 2.31. The summed E-state index contributed by atoms with van der Waals surface area (Å²) in [6.45, 7) is 5.96. The van der Waals surface area contributed by atoms with Crippen molar-refractivity contribution in [2.75, 3.05) is 45.9 Å². The van der Waals surface area contributed by atoms with Gasteiger partial charge in [-0.3, -0.25) is 0 Å². The average molecular weight is 414 g/mol. The van der Waals surface area contributed by atoms with Crippen molar-refractivity contribution in [1.29, 1.82) is 0 Å². The second kappa shape index (κ2) is 9.18. The highest BCUT2D eigenvalue weighted by Gasteiger charge is 2.29. The Morgan fingerprint density at radius 1 is 1.26 bits per heavy atom. The Balaban J connectivity index is 1.51. The molecule has 9 heteroatoms. The van der Waals surface area contributed by atoms with Crippen LogP contribution in [0.4, 0.5) is 0 Å². The first-order valence-electron chi connectivity index (χ1n) is 9.38. The number of rotatable bonds is 6. The third-order valence-corrected chi connectivity index (χ3v) is 7.12. The average Bonchev–Trinajstić information content (AvgIpc) is 3.20.